The molecule has 1 saturated carbocycles. The average molecular weight is 465 g/mol. The van der Waals surface area contributed by atoms with Crippen molar-refractivity contribution in [2.75, 3.05) is 44.6 Å². The largest absolute Gasteiger partial charge is 0.395 e. The first-order chi connectivity index (χ1) is 16.7. The van der Waals surface area contributed by atoms with E-state index in [9.17, 15) is 0 Å². The molecule has 0 spiro atoms. The van der Waals surface area contributed by atoms with Crippen molar-refractivity contribution in [1.82, 2.24) is 35.1 Å². The molecule has 0 bridgehead atoms. The predicted octanol–water partition coefficient (Wildman–Crippen LogP) is 2.44. The lowest BCUT2D eigenvalue weighted by Gasteiger charge is -2.38. The Morgan fingerprint density at radius 2 is 2.15 bits per heavy atom. The molecule has 3 aliphatic rings. The molecule has 9 heteroatoms. The number of allylic oxidation sites excluding steroid dienone is 1. The molecule has 182 valence electrons. The minimum absolute atomic E-state index is 0.0493. The number of likely N-dealkylation sites (tertiary alicyclic amines) is 1. The molecular weight excluding hydrogens is 428 g/mol. The highest BCUT2D eigenvalue weighted by molar-refractivity contribution is 5.62. The van der Waals surface area contributed by atoms with Crippen LogP contribution < -0.4 is 10.6 Å². The van der Waals surface area contributed by atoms with Gasteiger partial charge in [-0.3, -0.25) is 4.98 Å². The third-order valence-corrected chi connectivity index (χ3v) is 6.97. The summed E-state index contributed by atoms with van der Waals surface area (Å²) < 4.78 is 1.89. The number of anilines is 1. The van der Waals surface area contributed by atoms with Crippen LogP contribution in [0.5, 0.6) is 0 Å². The smallest absolute Gasteiger partial charge is 0.121 e. The highest BCUT2D eigenvalue weighted by Crippen LogP contribution is 2.28. The molecular formula is C25H36N8O. The molecule has 34 heavy (non-hydrogen) atoms. The summed E-state index contributed by atoms with van der Waals surface area (Å²) in [5, 5.41) is 24.7. The topological polar surface area (TPSA) is 94.4 Å². The van der Waals surface area contributed by atoms with Gasteiger partial charge in [0.2, 0.25) is 0 Å². The molecule has 2 aliphatic heterocycles. The molecule has 0 radical (unpaired) electrons. The molecule has 0 amide bonds. The molecule has 4 heterocycles. The van der Waals surface area contributed by atoms with Crippen LogP contribution in [0.25, 0.3) is 11.3 Å². The van der Waals surface area contributed by atoms with Crippen molar-refractivity contribution >= 4 is 5.69 Å². The number of piperidine rings is 1. The Kier molecular flexibility index (Phi) is 7.10. The van der Waals surface area contributed by atoms with Gasteiger partial charge >= 0.3 is 0 Å². The molecule has 2 aromatic heterocycles. The van der Waals surface area contributed by atoms with Crippen LogP contribution in [0, 0.1) is 5.92 Å². The Balaban J connectivity index is 1.17. The Morgan fingerprint density at radius 1 is 1.24 bits per heavy atom. The normalized spacial score (nSPS) is 21.5. The van der Waals surface area contributed by atoms with Gasteiger partial charge in [0.25, 0.3) is 0 Å². The summed E-state index contributed by atoms with van der Waals surface area (Å²) in [6.45, 7) is 6.98. The number of aromatic nitrogens is 4. The van der Waals surface area contributed by atoms with Gasteiger partial charge in [-0.15, -0.1) is 5.10 Å². The van der Waals surface area contributed by atoms with Crippen LogP contribution in [0.1, 0.15) is 38.8 Å². The second-order valence-electron chi connectivity index (χ2n) is 9.61. The minimum atomic E-state index is 0.0493. The first kappa shape index (κ1) is 22.9. The maximum Gasteiger partial charge on any atom is 0.121 e. The Bertz CT molecular complexity index is 1010. The van der Waals surface area contributed by atoms with Gasteiger partial charge < -0.3 is 25.5 Å². The van der Waals surface area contributed by atoms with E-state index in [0.717, 1.165) is 42.5 Å². The van der Waals surface area contributed by atoms with Crippen molar-refractivity contribution in [2.45, 2.75) is 44.8 Å². The number of aliphatic hydroxyl groups excluding tert-OH is 1. The lowest BCUT2D eigenvalue weighted by Crippen LogP contribution is -2.46. The number of nitrogens with zero attached hydrogens (tertiary/aromatic N) is 6. The van der Waals surface area contributed by atoms with Crippen molar-refractivity contribution in [3.05, 3.63) is 48.7 Å². The van der Waals surface area contributed by atoms with Crippen molar-refractivity contribution in [2.24, 2.45) is 5.92 Å². The number of hydrogen-bond acceptors (Lipinski definition) is 8. The number of hydrogen-bond donors (Lipinski definition) is 3. The van der Waals surface area contributed by atoms with Crippen LogP contribution >= 0.6 is 0 Å². The van der Waals surface area contributed by atoms with Crippen LogP contribution in [-0.2, 0) is 0 Å². The van der Waals surface area contributed by atoms with Gasteiger partial charge in [-0.05, 0) is 63.3 Å². The third-order valence-electron chi connectivity index (χ3n) is 6.97. The van der Waals surface area contributed by atoms with E-state index in [2.05, 4.69) is 61.0 Å². The average Bonchev–Trinajstić information content (AvgIpc) is 3.59. The van der Waals surface area contributed by atoms with Gasteiger partial charge in [0.15, 0.2) is 0 Å². The number of nitrogens with one attached hydrogen (secondary N) is 2. The lowest BCUT2D eigenvalue weighted by molar-refractivity contribution is 0.208. The summed E-state index contributed by atoms with van der Waals surface area (Å²) in [6, 6.07) is 2.59. The van der Waals surface area contributed by atoms with E-state index < -0.39 is 0 Å². The van der Waals surface area contributed by atoms with Gasteiger partial charge in [0, 0.05) is 62.1 Å². The Morgan fingerprint density at radius 3 is 2.94 bits per heavy atom. The fourth-order valence-corrected chi connectivity index (χ4v) is 4.67. The van der Waals surface area contributed by atoms with Crippen molar-refractivity contribution in [3.8, 4) is 11.3 Å². The molecule has 2 fully saturated rings. The standard InChI is InChI=1S/C25H36N8O/c1-19(33-18-25(29-30-33)21-13-23(16-26-15-21)27-8-12-34)31-10-6-24(7-11-31)32-9-2-3-22(17-32)28-14-20-4-5-20/h6-7,10,13,15-16,18-20,22,27-28,34H,2-5,8-9,11-12,14,17H2,1H3/t19?,22-/m1/s1. The van der Waals surface area contributed by atoms with Gasteiger partial charge in [-0.2, -0.15) is 0 Å². The molecule has 9 nitrogen and oxygen atoms in total. The van der Waals surface area contributed by atoms with E-state index in [1.807, 2.05) is 16.9 Å². The monoisotopic (exact) mass is 464 g/mol. The van der Waals surface area contributed by atoms with E-state index in [1.165, 1.54) is 37.9 Å². The molecule has 1 saturated heterocycles. The summed E-state index contributed by atoms with van der Waals surface area (Å²) in [5.74, 6) is 0.930. The van der Waals surface area contributed by atoms with E-state index in [4.69, 9.17) is 5.11 Å². The molecule has 5 rings (SSSR count). The van der Waals surface area contributed by atoms with Gasteiger partial charge in [0.1, 0.15) is 11.9 Å². The van der Waals surface area contributed by atoms with Gasteiger partial charge in [-0.25, -0.2) is 4.68 Å². The highest BCUT2D eigenvalue weighted by Gasteiger charge is 2.26. The van der Waals surface area contributed by atoms with Crippen LogP contribution in [0.4, 0.5) is 5.69 Å². The van der Waals surface area contributed by atoms with Crippen LogP contribution in [0.3, 0.4) is 0 Å². The van der Waals surface area contributed by atoms with E-state index in [1.54, 1.807) is 12.4 Å². The maximum absolute atomic E-state index is 9.02. The molecule has 2 atom stereocenters. The molecule has 0 aromatic carbocycles. The van der Waals surface area contributed by atoms with Crippen LogP contribution in [0.15, 0.2) is 48.7 Å². The summed E-state index contributed by atoms with van der Waals surface area (Å²) in [4.78, 5) is 9.08. The quantitative estimate of drug-likeness (QED) is 0.494. The minimum Gasteiger partial charge on any atom is -0.395 e. The summed E-state index contributed by atoms with van der Waals surface area (Å²) in [6.07, 6.45) is 17.6. The maximum atomic E-state index is 9.02. The number of rotatable bonds is 10. The number of pyridine rings is 1. The van der Waals surface area contributed by atoms with Gasteiger partial charge in [0.05, 0.1) is 18.5 Å². The van der Waals surface area contributed by atoms with Crippen LogP contribution in [-0.4, -0.2) is 80.3 Å². The zero-order valence-electron chi connectivity index (χ0n) is 20.0. The summed E-state index contributed by atoms with van der Waals surface area (Å²) in [5.41, 5.74) is 3.86. The lowest BCUT2D eigenvalue weighted by atomic mass is 10.0. The van der Waals surface area contributed by atoms with Crippen molar-refractivity contribution in [3.63, 3.8) is 0 Å². The SMILES string of the molecule is CC(N1C=CC(N2CCC[C@@H](NCC3CC3)C2)=CC1)n1cc(-c2cncc(NCCO)c2)nn1. The highest BCUT2D eigenvalue weighted by atomic mass is 16.3. The zero-order chi connectivity index (χ0) is 23.3. The summed E-state index contributed by atoms with van der Waals surface area (Å²) in [7, 11) is 0. The molecule has 1 aliphatic carbocycles. The first-order valence-electron chi connectivity index (χ1n) is 12.5. The van der Waals surface area contributed by atoms with Crippen molar-refractivity contribution in [1.29, 1.82) is 0 Å². The predicted molar refractivity (Wildman–Crippen MR) is 133 cm³/mol. The van der Waals surface area contributed by atoms with Gasteiger partial charge in [-0.1, -0.05) is 5.21 Å². The second kappa shape index (κ2) is 10.6. The van der Waals surface area contributed by atoms with E-state index >= 15 is 0 Å². The Hall–Kier alpha value is -2.91. The fourth-order valence-electron chi connectivity index (χ4n) is 4.67. The van der Waals surface area contributed by atoms with Crippen molar-refractivity contribution < 1.29 is 5.11 Å². The van der Waals surface area contributed by atoms with Crippen LogP contribution in [0.2, 0.25) is 0 Å². The number of aliphatic hydroxyl groups is 1. The van der Waals surface area contributed by atoms with E-state index in [0.29, 0.717) is 12.6 Å². The molecule has 2 aromatic rings. The zero-order valence-corrected chi connectivity index (χ0v) is 20.0. The third kappa shape index (κ3) is 5.59. The van der Waals surface area contributed by atoms with E-state index in [-0.39, 0.29) is 12.8 Å². The first-order valence-corrected chi connectivity index (χ1v) is 12.5. The Labute approximate surface area is 201 Å². The molecule has 3 N–H and O–H groups in total. The second-order valence-corrected chi connectivity index (χ2v) is 9.61. The molecule has 1 unspecified atom stereocenters. The fraction of sp³-hybridized carbons (Fsp3) is 0.560. The summed E-state index contributed by atoms with van der Waals surface area (Å²) >= 11 is 0.